The third-order valence-corrected chi connectivity index (χ3v) is 2.71. The topological polar surface area (TPSA) is 45.2 Å². The van der Waals surface area contributed by atoms with Crippen molar-refractivity contribution in [3.8, 4) is 0 Å². The van der Waals surface area contributed by atoms with Gasteiger partial charge in [0.1, 0.15) is 0 Å². The Morgan fingerprint density at radius 3 is 2.88 bits per heavy atom. The van der Waals surface area contributed by atoms with Crippen molar-refractivity contribution in [1.82, 2.24) is 4.98 Å². The smallest absolute Gasteiger partial charge is 0.0682 e. The van der Waals surface area contributed by atoms with Gasteiger partial charge in [0.05, 0.1) is 6.61 Å². The molecule has 2 N–H and O–H groups in total. The lowest BCUT2D eigenvalue weighted by Crippen LogP contribution is -2.02. The molecule has 0 radical (unpaired) electrons. The fourth-order valence-electron chi connectivity index (χ4n) is 1.68. The summed E-state index contributed by atoms with van der Waals surface area (Å²) in [6.07, 6.45) is 1.80. The Balaban J connectivity index is 2.05. The van der Waals surface area contributed by atoms with Crippen LogP contribution in [0.1, 0.15) is 16.8 Å². The molecule has 0 aliphatic heterocycles. The zero-order valence-corrected chi connectivity index (χ0v) is 9.85. The summed E-state index contributed by atoms with van der Waals surface area (Å²) in [4.78, 5) is 4.25. The molecule has 0 bridgehead atoms. The molecule has 0 aliphatic rings. The van der Waals surface area contributed by atoms with Crippen molar-refractivity contribution in [2.24, 2.45) is 0 Å². The van der Waals surface area contributed by atoms with E-state index in [1.807, 2.05) is 37.3 Å². The highest BCUT2D eigenvalue weighted by Crippen LogP contribution is 2.13. The first kappa shape index (κ1) is 11.6. The number of nitrogens with zero attached hydrogens (tertiary/aromatic N) is 1. The van der Waals surface area contributed by atoms with Gasteiger partial charge in [-0.2, -0.15) is 0 Å². The molecule has 1 aromatic carbocycles. The Bertz CT molecular complexity index is 497. The average Bonchev–Trinajstić information content (AvgIpc) is 2.38. The van der Waals surface area contributed by atoms with Crippen molar-refractivity contribution < 1.29 is 5.11 Å². The van der Waals surface area contributed by atoms with Crippen LogP contribution >= 0.6 is 0 Å². The van der Waals surface area contributed by atoms with E-state index >= 15 is 0 Å². The highest BCUT2D eigenvalue weighted by molar-refractivity contribution is 5.46. The molecule has 3 nitrogen and oxygen atoms in total. The number of rotatable bonds is 4. The summed E-state index contributed by atoms with van der Waals surface area (Å²) >= 11 is 0. The number of hydrogen-bond acceptors (Lipinski definition) is 3. The van der Waals surface area contributed by atoms with Crippen LogP contribution in [0.25, 0.3) is 0 Å². The van der Waals surface area contributed by atoms with Crippen molar-refractivity contribution in [2.45, 2.75) is 20.1 Å². The van der Waals surface area contributed by atoms with Crippen LogP contribution in [0.5, 0.6) is 0 Å². The van der Waals surface area contributed by atoms with Gasteiger partial charge in [-0.3, -0.25) is 4.98 Å². The molecule has 88 valence electrons. The number of benzene rings is 1. The molecule has 0 unspecified atom stereocenters. The minimum absolute atomic E-state index is 0.0709. The number of aromatic nitrogens is 1. The van der Waals surface area contributed by atoms with Crippen LogP contribution in [0.3, 0.4) is 0 Å². The Morgan fingerprint density at radius 1 is 1.24 bits per heavy atom. The molecule has 2 aromatic rings. The molecule has 17 heavy (non-hydrogen) atoms. The lowest BCUT2D eigenvalue weighted by Gasteiger charge is -2.09. The van der Waals surface area contributed by atoms with E-state index in [2.05, 4.69) is 16.4 Å². The van der Waals surface area contributed by atoms with E-state index in [-0.39, 0.29) is 6.61 Å². The fraction of sp³-hybridized carbons (Fsp3) is 0.214. The Kier molecular flexibility index (Phi) is 3.73. The molecule has 0 atom stereocenters. The van der Waals surface area contributed by atoms with Gasteiger partial charge in [0.25, 0.3) is 0 Å². The number of anilines is 1. The average molecular weight is 228 g/mol. The molecule has 1 heterocycles. The molecule has 0 amide bonds. The van der Waals surface area contributed by atoms with Gasteiger partial charge in [0.2, 0.25) is 0 Å². The third kappa shape index (κ3) is 3.04. The second-order valence-electron chi connectivity index (χ2n) is 3.96. The van der Waals surface area contributed by atoms with Crippen molar-refractivity contribution in [3.63, 3.8) is 0 Å². The summed E-state index contributed by atoms with van der Waals surface area (Å²) < 4.78 is 0. The molecule has 0 fully saturated rings. The Hall–Kier alpha value is -1.87. The molecule has 1 aromatic heterocycles. The van der Waals surface area contributed by atoms with E-state index < -0.39 is 0 Å². The van der Waals surface area contributed by atoms with Crippen LogP contribution in [-0.2, 0) is 13.2 Å². The summed E-state index contributed by atoms with van der Waals surface area (Å²) in [7, 11) is 0. The summed E-state index contributed by atoms with van der Waals surface area (Å²) in [5.74, 6) is 0. The van der Waals surface area contributed by atoms with Crippen LogP contribution in [0, 0.1) is 6.92 Å². The maximum atomic E-state index is 9.05. The molecule has 0 saturated carbocycles. The summed E-state index contributed by atoms with van der Waals surface area (Å²) in [6.45, 7) is 2.82. The Labute approximate surface area is 101 Å². The van der Waals surface area contributed by atoms with Crippen LogP contribution in [-0.4, -0.2) is 10.1 Å². The fourth-order valence-corrected chi connectivity index (χ4v) is 1.68. The first-order valence-electron chi connectivity index (χ1n) is 5.64. The SMILES string of the molecule is Cc1ncccc1CNc1cccc(CO)c1. The van der Waals surface area contributed by atoms with E-state index in [0.29, 0.717) is 0 Å². The van der Waals surface area contributed by atoms with Gasteiger partial charge in [-0.25, -0.2) is 0 Å². The maximum absolute atomic E-state index is 9.05. The standard InChI is InChI=1S/C14H16N2O/c1-11-13(5-3-7-15-11)9-16-14-6-2-4-12(8-14)10-17/h2-8,16-17H,9-10H2,1H3. The summed E-state index contributed by atoms with van der Waals surface area (Å²) in [5.41, 5.74) is 4.15. The second kappa shape index (κ2) is 5.46. The highest BCUT2D eigenvalue weighted by atomic mass is 16.3. The molecule has 0 aliphatic carbocycles. The number of aryl methyl sites for hydroxylation is 1. The lowest BCUT2D eigenvalue weighted by atomic mass is 10.2. The summed E-state index contributed by atoms with van der Waals surface area (Å²) in [5, 5.41) is 12.4. The van der Waals surface area contributed by atoms with Gasteiger partial charge in [0, 0.05) is 24.1 Å². The van der Waals surface area contributed by atoms with Crippen molar-refractivity contribution in [1.29, 1.82) is 0 Å². The van der Waals surface area contributed by atoms with Gasteiger partial charge < -0.3 is 10.4 Å². The minimum atomic E-state index is 0.0709. The maximum Gasteiger partial charge on any atom is 0.0682 e. The van der Waals surface area contributed by atoms with Gasteiger partial charge in [-0.05, 0) is 36.2 Å². The van der Waals surface area contributed by atoms with E-state index in [9.17, 15) is 0 Å². The van der Waals surface area contributed by atoms with Crippen molar-refractivity contribution >= 4 is 5.69 Å². The van der Waals surface area contributed by atoms with Gasteiger partial charge in [-0.1, -0.05) is 18.2 Å². The predicted octanol–water partition coefficient (Wildman–Crippen LogP) is 2.49. The number of pyridine rings is 1. The zero-order chi connectivity index (χ0) is 12.1. The molecule has 2 rings (SSSR count). The molecular weight excluding hydrogens is 212 g/mol. The van der Waals surface area contributed by atoms with Gasteiger partial charge in [0.15, 0.2) is 0 Å². The van der Waals surface area contributed by atoms with E-state index in [1.165, 1.54) is 5.56 Å². The largest absolute Gasteiger partial charge is 0.392 e. The molecule has 3 heteroatoms. The molecular formula is C14H16N2O. The van der Waals surface area contributed by atoms with Gasteiger partial charge >= 0.3 is 0 Å². The number of aliphatic hydroxyl groups is 1. The second-order valence-corrected chi connectivity index (χ2v) is 3.96. The van der Waals surface area contributed by atoms with Crippen LogP contribution in [0.2, 0.25) is 0 Å². The monoisotopic (exact) mass is 228 g/mol. The number of aliphatic hydroxyl groups excluding tert-OH is 1. The zero-order valence-electron chi connectivity index (χ0n) is 9.85. The van der Waals surface area contributed by atoms with E-state index in [4.69, 9.17) is 5.11 Å². The van der Waals surface area contributed by atoms with Crippen molar-refractivity contribution in [2.75, 3.05) is 5.32 Å². The van der Waals surface area contributed by atoms with Crippen LogP contribution in [0.15, 0.2) is 42.6 Å². The number of nitrogens with one attached hydrogen (secondary N) is 1. The first-order valence-corrected chi connectivity index (χ1v) is 5.64. The van der Waals surface area contributed by atoms with E-state index in [0.717, 1.165) is 23.5 Å². The normalized spacial score (nSPS) is 10.2. The molecule has 0 spiro atoms. The Morgan fingerprint density at radius 2 is 2.12 bits per heavy atom. The third-order valence-electron chi connectivity index (χ3n) is 2.71. The number of hydrogen-bond donors (Lipinski definition) is 2. The van der Waals surface area contributed by atoms with Crippen LogP contribution < -0.4 is 5.32 Å². The van der Waals surface area contributed by atoms with E-state index in [1.54, 1.807) is 6.20 Å². The lowest BCUT2D eigenvalue weighted by molar-refractivity contribution is 0.282. The predicted molar refractivity (Wildman–Crippen MR) is 68.7 cm³/mol. The van der Waals surface area contributed by atoms with Gasteiger partial charge in [-0.15, -0.1) is 0 Å². The highest BCUT2D eigenvalue weighted by Gasteiger charge is 1.99. The first-order chi connectivity index (χ1) is 8.29. The molecule has 0 saturated heterocycles. The summed E-state index contributed by atoms with van der Waals surface area (Å²) in [6, 6.07) is 11.8. The quantitative estimate of drug-likeness (QED) is 0.845. The van der Waals surface area contributed by atoms with Crippen LogP contribution in [0.4, 0.5) is 5.69 Å². The van der Waals surface area contributed by atoms with Crippen molar-refractivity contribution in [3.05, 3.63) is 59.4 Å². The minimum Gasteiger partial charge on any atom is -0.392 e.